The highest BCUT2D eigenvalue weighted by molar-refractivity contribution is 6.02. The first kappa shape index (κ1) is 19.3. The second-order valence-corrected chi connectivity index (χ2v) is 6.46. The van der Waals surface area contributed by atoms with Crippen LogP contribution in [0.1, 0.15) is 18.2 Å². The number of nitrogens with one attached hydrogen (secondary N) is 1. The van der Waals surface area contributed by atoms with Crippen LogP contribution < -0.4 is 5.32 Å². The topological polar surface area (TPSA) is 85.8 Å². The van der Waals surface area contributed by atoms with E-state index in [2.05, 4.69) is 25.4 Å². The predicted molar refractivity (Wildman–Crippen MR) is 110 cm³/mol. The number of rotatable bonds is 6. The van der Waals surface area contributed by atoms with E-state index in [0.717, 1.165) is 11.3 Å². The van der Waals surface area contributed by atoms with Crippen molar-refractivity contribution >= 4 is 17.8 Å². The summed E-state index contributed by atoms with van der Waals surface area (Å²) in [7, 11) is 0. The molecule has 2 aromatic heterocycles. The summed E-state index contributed by atoms with van der Waals surface area (Å²) in [6, 6.07) is 15.6. The molecule has 0 aliphatic heterocycles. The Hall–Kier alpha value is -4.07. The van der Waals surface area contributed by atoms with E-state index in [1.807, 2.05) is 43.5 Å². The van der Waals surface area contributed by atoms with E-state index < -0.39 is 0 Å². The van der Waals surface area contributed by atoms with Gasteiger partial charge in [0.05, 0.1) is 11.4 Å². The van der Waals surface area contributed by atoms with Gasteiger partial charge in [-0.3, -0.25) is 4.79 Å². The lowest BCUT2D eigenvalue weighted by molar-refractivity contribution is -0.111. The van der Waals surface area contributed by atoms with Crippen molar-refractivity contribution in [3.63, 3.8) is 0 Å². The molecular weight excluding hydrogens is 385 g/mol. The molecule has 0 spiro atoms. The molecule has 0 unspecified atom stereocenters. The van der Waals surface area contributed by atoms with Gasteiger partial charge < -0.3 is 5.32 Å². The standard InChI is InChI=1S/C22H18FN5O2/c1-2-19-22(27-30-26-19)24-20(29)13-10-16-14-28(18-6-4-3-5-7-18)25-21(16)15-8-11-17(23)12-9-15/h3-14H,2H2,1H3,(H,24,27,29)/b13-10+. The number of hydrogen-bond donors (Lipinski definition) is 1. The SMILES string of the molecule is CCc1nonc1NC(=O)/C=C/c1cn(-c2ccccc2)nc1-c1ccc(F)cc1. The lowest BCUT2D eigenvalue weighted by atomic mass is 10.1. The molecule has 4 rings (SSSR count). The van der Waals surface area contributed by atoms with Gasteiger partial charge in [-0.1, -0.05) is 30.3 Å². The maximum absolute atomic E-state index is 13.4. The molecule has 30 heavy (non-hydrogen) atoms. The van der Waals surface area contributed by atoms with E-state index in [4.69, 9.17) is 0 Å². The van der Waals surface area contributed by atoms with Crippen LogP contribution in [0, 0.1) is 5.82 Å². The number of halogens is 1. The number of aryl methyl sites for hydroxylation is 1. The van der Waals surface area contributed by atoms with E-state index in [0.29, 0.717) is 29.2 Å². The minimum Gasteiger partial charge on any atom is -0.303 e. The predicted octanol–water partition coefficient (Wildman–Crippen LogP) is 4.28. The average Bonchev–Trinajstić information content (AvgIpc) is 3.40. The number of hydrogen-bond acceptors (Lipinski definition) is 5. The van der Waals surface area contributed by atoms with Gasteiger partial charge in [0, 0.05) is 23.4 Å². The van der Waals surface area contributed by atoms with Crippen LogP contribution in [0.2, 0.25) is 0 Å². The van der Waals surface area contributed by atoms with Crippen LogP contribution in [-0.2, 0) is 11.2 Å². The van der Waals surface area contributed by atoms with Crippen molar-refractivity contribution in [3.05, 3.63) is 83.9 Å². The molecule has 1 N–H and O–H groups in total. The van der Waals surface area contributed by atoms with Gasteiger partial charge in [-0.15, -0.1) is 0 Å². The molecule has 0 aliphatic rings. The third kappa shape index (κ3) is 4.17. The number of amides is 1. The van der Waals surface area contributed by atoms with Crippen LogP contribution in [0.5, 0.6) is 0 Å². The monoisotopic (exact) mass is 403 g/mol. The van der Waals surface area contributed by atoms with Gasteiger partial charge in [0.1, 0.15) is 11.5 Å². The summed E-state index contributed by atoms with van der Waals surface area (Å²) >= 11 is 0. The quantitative estimate of drug-likeness (QED) is 0.486. The first-order valence-electron chi connectivity index (χ1n) is 9.35. The summed E-state index contributed by atoms with van der Waals surface area (Å²) in [5.74, 6) is -0.408. The Morgan fingerprint density at radius 2 is 1.90 bits per heavy atom. The lowest BCUT2D eigenvalue weighted by Gasteiger charge is -2.00. The highest BCUT2D eigenvalue weighted by atomic mass is 19.1. The van der Waals surface area contributed by atoms with Crippen molar-refractivity contribution in [2.24, 2.45) is 0 Å². The van der Waals surface area contributed by atoms with Gasteiger partial charge in [0.25, 0.3) is 0 Å². The number of benzene rings is 2. The number of carbonyl (C=O) groups is 1. The van der Waals surface area contributed by atoms with E-state index in [-0.39, 0.29) is 11.7 Å². The Labute approximate surface area is 171 Å². The van der Waals surface area contributed by atoms with Crippen molar-refractivity contribution in [1.82, 2.24) is 20.1 Å². The van der Waals surface area contributed by atoms with Crippen LogP contribution in [-0.4, -0.2) is 26.0 Å². The van der Waals surface area contributed by atoms with E-state index in [9.17, 15) is 9.18 Å². The van der Waals surface area contributed by atoms with E-state index in [1.165, 1.54) is 18.2 Å². The van der Waals surface area contributed by atoms with Crippen molar-refractivity contribution in [2.75, 3.05) is 5.32 Å². The second-order valence-electron chi connectivity index (χ2n) is 6.46. The number of anilines is 1. The summed E-state index contributed by atoms with van der Waals surface area (Å²) in [4.78, 5) is 12.3. The Kier molecular flexibility index (Phi) is 5.47. The molecule has 0 aliphatic carbocycles. The molecule has 0 saturated heterocycles. The summed E-state index contributed by atoms with van der Waals surface area (Å²) in [5.41, 5.74) is 3.50. The molecule has 2 heterocycles. The van der Waals surface area contributed by atoms with Gasteiger partial charge in [0.15, 0.2) is 0 Å². The highest BCUT2D eigenvalue weighted by Gasteiger charge is 2.13. The number of para-hydroxylation sites is 1. The Balaban J connectivity index is 1.65. The molecule has 0 atom stereocenters. The number of aromatic nitrogens is 4. The molecule has 0 radical (unpaired) electrons. The van der Waals surface area contributed by atoms with Gasteiger partial charge >= 0.3 is 0 Å². The maximum atomic E-state index is 13.4. The third-order valence-electron chi connectivity index (χ3n) is 4.43. The van der Waals surface area contributed by atoms with Crippen molar-refractivity contribution in [1.29, 1.82) is 0 Å². The van der Waals surface area contributed by atoms with Crippen molar-refractivity contribution in [3.8, 4) is 16.9 Å². The van der Waals surface area contributed by atoms with Crippen LogP contribution in [0.25, 0.3) is 23.0 Å². The van der Waals surface area contributed by atoms with Crippen molar-refractivity contribution in [2.45, 2.75) is 13.3 Å². The largest absolute Gasteiger partial charge is 0.303 e. The summed E-state index contributed by atoms with van der Waals surface area (Å²) in [6.45, 7) is 1.89. The molecule has 0 bridgehead atoms. The molecule has 0 saturated carbocycles. The summed E-state index contributed by atoms with van der Waals surface area (Å²) in [6.07, 6.45) is 5.43. The summed E-state index contributed by atoms with van der Waals surface area (Å²) in [5, 5.41) is 14.7. The van der Waals surface area contributed by atoms with Gasteiger partial charge in [-0.2, -0.15) is 5.10 Å². The fraction of sp³-hybridized carbons (Fsp3) is 0.0909. The van der Waals surface area contributed by atoms with Gasteiger partial charge in [-0.05, 0) is 54.1 Å². The summed E-state index contributed by atoms with van der Waals surface area (Å²) < 4.78 is 19.7. The van der Waals surface area contributed by atoms with Crippen molar-refractivity contribution < 1.29 is 13.8 Å². The fourth-order valence-corrected chi connectivity index (χ4v) is 2.91. The number of nitrogens with zero attached hydrogens (tertiary/aromatic N) is 4. The van der Waals surface area contributed by atoms with Crippen LogP contribution in [0.15, 0.2) is 71.5 Å². The zero-order valence-corrected chi connectivity index (χ0v) is 16.1. The van der Waals surface area contributed by atoms with Crippen LogP contribution in [0.3, 0.4) is 0 Å². The minimum absolute atomic E-state index is 0.297. The van der Waals surface area contributed by atoms with E-state index >= 15 is 0 Å². The number of carbonyl (C=O) groups excluding carboxylic acids is 1. The second kappa shape index (κ2) is 8.52. The highest BCUT2D eigenvalue weighted by Crippen LogP contribution is 2.25. The average molecular weight is 403 g/mol. The Morgan fingerprint density at radius 1 is 1.13 bits per heavy atom. The zero-order valence-electron chi connectivity index (χ0n) is 16.1. The first-order valence-corrected chi connectivity index (χ1v) is 9.35. The molecule has 4 aromatic rings. The Morgan fingerprint density at radius 3 is 2.63 bits per heavy atom. The van der Waals surface area contributed by atoms with Gasteiger partial charge in [0.2, 0.25) is 11.7 Å². The molecular formula is C22H18FN5O2. The fourth-order valence-electron chi connectivity index (χ4n) is 2.91. The molecule has 1 amide bonds. The van der Waals surface area contributed by atoms with E-state index in [1.54, 1.807) is 22.9 Å². The molecule has 8 heteroatoms. The smallest absolute Gasteiger partial charge is 0.249 e. The van der Waals surface area contributed by atoms with Gasteiger partial charge in [-0.25, -0.2) is 13.7 Å². The normalized spacial score (nSPS) is 11.1. The lowest BCUT2D eigenvalue weighted by Crippen LogP contribution is -2.09. The first-order chi connectivity index (χ1) is 14.6. The molecule has 7 nitrogen and oxygen atoms in total. The minimum atomic E-state index is -0.377. The zero-order chi connectivity index (χ0) is 20.9. The van der Waals surface area contributed by atoms with Crippen LogP contribution in [0.4, 0.5) is 10.2 Å². The Bertz CT molecular complexity index is 1180. The molecule has 0 fully saturated rings. The molecule has 2 aromatic carbocycles. The maximum Gasteiger partial charge on any atom is 0.249 e. The molecule has 150 valence electrons. The third-order valence-corrected chi connectivity index (χ3v) is 4.43. The van der Waals surface area contributed by atoms with Crippen LogP contribution >= 0.6 is 0 Å².